The molecular weight excluding hydrogens is 623 g/mol. The molecule has 2 aliphatic heterocycles. The third kappa shape index (κ3) is 4.72. The number of nitrogens with zero attached hydrogens (tertiary/aromatic N) is 5. The highest BCUT2D eigenvalue weighted by Gasteiger charge is 2.46. The number of hydrogen-bond donors (Lipinski definition) is 1. The van der Waals surface area contributed by atoms with E-state index in [2.05, 4.69) is 6.58 Å². The highest BCUT2D eigenvalue weighted by molar-refractivity contribution is 6.13. The summed E-state index contributed by atoms with van der Waals surface area (Å²) in [6, 6.07) is 8.28. The average Bonchev–Trinajstić information content (AvgIpc) is 3.03. The van der Waals surface area contributed by atoms with Crippen LogP contribution in [-0.4, -0.2) is 72.7 Å². The van der Waals surface area contributed by atoms with Crippen molar-refractivity contribution in [3.8, 4) is 22.6 Å². The minimum Gasteiger partial charge on any atom is -0.507 e. The second kappa shape index (κ2) is 11.8. The Morgan fingerprint density at radius 3 is 2.31 bits per heavy atom. The van der Waals surface area contributed by atoms with Crippen LogP contribution >= 0.6 is 0 Å². The Labute approximate surface area is 275 Å². The molecule has 1 N–H and O–H groups in total. The number of aromatic hydroxyl groups is 1. The minimum absolute atomic E-state index is 0.0394. The van der Waals surface area contributed by atoms with Crippen molar-refractivity contribution in [3.63, 3.8) is 0 Å². The molecule has 2 aliphatic rings. The van der Waals surface area contributed by atoms with E-state index in [1.807, 2.05) is 19.9 Å². The van der Waals surface area contributed by atoms with E-state index in [4.69, 9.17) is 0 Å². The third-order valence-corrected chi connectivity index (χ3v) is 9.35. The maximum Gasteiger partial charge on any atom is 0.281 e. The topological polar surface area (TPSA) is 89.3 Å². The van der Waals surface area contributed by atoms with Gasteiger partial charge in [0.05, 0.1) is 40.3 Å². The van der Waals surface area contributed by atoms with Gasteiger partial charge in [0, 0.05) is 39.1 Å². The van der Waals surface area contributed by atoms with Gasteiger partial charge in [0.15, 0.2) is 5.82 Å². The SMILES string of the molecule is C=CC(=O)N1CC2C(=O)N(C)c3c(c4cc(F)c(-c5c(O)cccc5F)c(F)c4n(-c4c(C(C)C)cccc4N(C)C)c3=O)N2CC1C. The molecule has 6 rings (SSSR count). The van der Waals surface area contributed by atoms with Crippen LogP contribution in [0.1, 0.15) is 32.3 Å². The molecule has 12 heteroatoms. The molecule has 250 valence electrons. The van der Waals surface area contributed by atoms with Crippen molar-refractivity contribution in [3.05, 3.63) is 88.5 Å². The third-order valence-electron chi connectivity index (χ3n) is 9.35. The molecule has 1 saturated heterocycles. The summed E-state index contributed by atoms with van der Waals surface area (Å²) in [5.41, 5.74) is -1.11. The normalized spacial score (nSPS) is 17.5. The number of pyridine rings is 1. The number of likely N-dealkylation sites (N-methyl/N-ethyl adjacent to an activating group) is 1. The lowest BCUT2D eigenvalue weighted by atomic mass is 9.94. The fourth-order valence-corrected chi connectivity index (χ4v) is 7.05. The van der Waals surface area contributed by atoms with Crippen LogP contribution < -0.4 is 20.3 Å². The summed E-state index contributed by atoms with van der Waals surface area (Å²) in [6.45, 7) is 9.18. The molecule has 9 nitrogen and oxygen atoms in total. The zero-order valence-corrected chi connectivity index (χ0v) is 27.5. The lowest BCUT2D eigenvalue weighted by Gasteiger charge is -2.50. The number of carbonyl (C=O) groups is 2. The largest absolute Gasteiger partial charge is 0.507 e. The van der Waals surface area contributed by atoms with Crippen LogP contribution in [0.15, 0.2) is 59.9 Å². The van der Waals surface area contributed by atoms with Crippen LogP contribution in [0.25, 0.3) is 27.7 Å². The predicted molar refractivity (Wildman–Crippen MR) is 181 cm³/mol. The first-order valence-corrected chi connectivity index (χ1v) is 15.6. The molecule has 0 radical (unpaired) electrons. The van der Waals surface area contributed by atoms with Crippen molar-refractivity contribution in [2.45, 2.75) is 38.8 Å². The van der Waals surface area contributed by atoms with Crippen LogP contribution in [0.4, 0.5) is 30.2 Å². The Kier molecular flexibility index (Phi) is 8.01. The number of fused-ring (bicyclic) bond motifs is 5. The van der Waals surface area contributed by atoms with Gasteiger partial charge in [-0.05, 0) is 48.7 Å². The first kappa shape index (κ1) is 32.7. The van der Waals surface area contributed by atoms with Crippen molar-refractivity contribution < 1.29 is 27.9 Å². The summed E-state index contributed by atoms with van der Waals surface area (Å²) in [5.74, 6) is -5.21. The van der Waals surface area contributed by atoms with E-state index < -0.39 is 57.9 Å². The molecule has 2 unspecified atom stereocenters. The average molecular weight is 660 g/mol. The number of phenols is 1. The number of benzene rings is 3. The van der Waals surface area contributed by atoms with E-state index in [9.17, 15) is 19.5 Å². The maximum atomic E-state index is 17.4. The molecule has 48 heavy (non-hydrogen) atoms. The molecule has 3 aromatic carbocycles. The van der Waals surface area contributed by atoms with Crippen LogP contribution in [0.2, 0.25) is 0 Å². The first-order valence-electron chi connectivity index (χ1n) is 15.6. The van der Waals surface area contributed by atoms with Crippen molar-refractivity contribution in [2.24, 2.45) is 0 Å². The van der Waals surface area contributed by atoms with Crippen molar-refractivity contribution in [1.29, 1.82) is 0 Å². The number of phenolic OH excluding ortho intramolecular Hbond substituents is 1. The number of rotatable bonds is 5. The molecule has 0 aliphatic carbocycles. The first-order chi connectivity index (χ1) is 22.7. The molecule has 1 fully saturated rings. The van der Waals surface area contributed by atoms with Gasteiger partial charge in [-0.15, -0.1) is 0 Å². The Hall–Kier alpha value is -5.26. The highest BCUT2D eigenvalue weighted by Crippen LogP contribution is 2.47. The van der Waals surface area contributed by atoms with Gasteiger partial charge in [0.25, 0.3) is 11.5 Å². The minimum atomic E-state index is -1.27. The summed E-state index contributed by atoms with van der Waals surface area (Å²) in [7, 11) is 4.95. The smallest absolute Gasteiger partial charge is 0.281 e. The Morgan fingerprint density at radius 1 is 1.00 bits per heavy atom. The van der Waals surface area contributed by atoms with Gasteiger partial charge in [-0.2, -0.15) is 0 Å². The van der Waals surface area contributed by atoms with E-state index in [0.717, 1.165) is 28.8 Å². The number of anilines is 3. The molecule has 1 aromatic heterocycles. The van der Waals surface area contributed by atoms with Gasteiger partial charge < -0.3 is 24.7 Å². The lowest BCUT2D eigenvalue weighted by molar-refractivity contribution is -0.130. The van der Waals surface area contributed by atoms with E-state index in [1.54, 1.807) is 43.0 Å². The number of piperazine rings is 1. The lowest BCUT2D eigenvalue weighted by Crippen LogP contribution is -2.66. The van der Waals surface area contributed by atoms with Gasteiger partial charge in [0.1, 0.15) is 29.1 Å². The fourth-order valence-electron chi connectivity index (χ4n) is 7.05. The van der Waals surface area contributed by atoms with Gasteiger partial charge in [-0.3, -0.25) is 19.0 Å². The van der Waals surface area contributed by atoms with E-state index in [-0.39, 0.29) is 47.2 Å². The molecule has 3 heterocycles. The van der Waals surface area contributed by atoms with Gasteiger partial charge >= 0.3 is 0 Å². The maximum absolute atomic E-state index is 17.4. The number of aromatic nitrogens is 1. The van der Waals surface area contributed by atoms with Gasteiger partial charge in [0.2, 0.25) is 5.91 Å². The van der Waals surface area contributed by atoms with E-state index >= 15 is 13.2 Å². The monoisotopic (exact) mass is 659 g/mol. The number of amides is 2. The Morgan fingerprint density at radius 2 is 1.69 bits per heavy atom. The second-order valence-electron chi connectivity index (χ2n) is 12.8. The molecule has 4 aromatic rings. The van der Waals surface area contributed by atoms with E-state index in [1.165, 1.54) is 22.9 Å². The molecule has 0 spiro atoms. The zero-order valence-electron chi connectivity index (χ0n) is 27.5. The Balaban J connectivity index is 1.82. The van der Waals surface area contributed by atoms with Gasteiger partial charge in [-0.25, -0.2) is 13.2 Å². The number of para-hydroxylation sites is 1. The molecule has 2 atom stereocenters. The van der Waals surface area contributed by atoms with Crippen molar-refractivity contribution in [2.75, 3.05) is 48.9 Å². The fraction of sp³-hybridized carbons (Fsp3) is 0.306. The van der Waals surface area contributed by atoms with Crippen molar-refractivity contribution in [1.82, 2.24) is 9.47 Å². The second-order valence-corrected chi connectivity index (χ2v) is 12.8. The Bertz CT molecular complexity index is 2050. The van der Waals surface area contributed by atoms with Crippen LogP contribution in [0.3, 0.4) is 0 Å². The van der Waals surface area contributed by atoms with Crippen LogP contribution in [0.5, 0.6) is 5.75 Å². The summed E-state index contributed by atoms with van der Waals surface area (Å²) in [4.78, 5) is 47.7. The van der Waals surface area contributed by atoms with Crippen LogP contribution in [0, 0.1) is 17.5 Å². The quantitative estimate of drug-likeness (QED) is 0.283. The molecule has 2 amide bonds. The predicted octanol–water partition coefficient (Wildman–Crippen LogP) is 5.54. The van der Waals surface area contributed by atoms with Crippen LogP contribution in [-0.2, 0) is 9.59 Å². The number of hydrogen-bond acceptors (Lipinski definition) is 6. The zero-order chi connectivity index (χ0) is 34.9. The standard InChI is InChI=1S/C36H36F3N5O4/c1-8-27(46)42-17-25-35(47)41(7)34-33(43(25)16-19(42)4)21-15-23(38)29(28-22(37)12-10-14-26(28)45)30(39)32(21)44(36(34)48)31-20(18(2)3)11-9-13-24(31)40(5)6/h8-15,18-19,25,45H,1,16-17H2,2-7H3. The summed E-state index contributed by atoms with van der Waals surface area (Å²) in [6.07, 6.45) is 1.16. The summed E-state index contributed by atoms with van der Waals surface area (Å²) >= 11 is 0. The molecular formula is C36H36F3N5O4. The molecule has 0 saturated carbocycles. The highest BCUT2D eigenvalue weighted by atomic mass is 19.1. The van der Waals surface area contributed by atoms with E-state index in [0.29, 0.717) is 16.9 Å². The summed E-state index contributed by atoms with van der Waals surface area (Å²) in [5, 5.41) is 10.6. The molecule has 0 bridgehead atoms. The number of carbonyl (C=O) groups excluding carboxylic acids is 2. The van der Waals surface area contributed by atoms with Gasteiger partial charge in [-0.1, -0.05) is 38.6 Å². The summed E-state index contributed by atoms with van der Waals surface area (Å²) < 4.78 is 50.1. The number of halogens is 3. The van der Waals surface area contributed by atoms with Crippen molar-refractivity contribution >= 4 is 39.8 Å².